The van der Waals surface area contributed by atoms with Gasteiger partial charge >= 0.3 is 6.09 Å². The van der Waals surface area contributed by atoms with Crippen LogP contribution in [0, 0.1) is 0 Å². The molecule has 0 spiro atoms. The molecule has 6 heteroatoms. The molecule has 2 fully saturated rings. The van der Waals surface area contributed by atoms with Gasteiger partial charge in [-0.3, -0.25) is 4.90 Å². The van der Waals surface area contributed by atoms with Crippen LogP contribution in [0.25, 0.3) is 0 Å². The molecule has 0 N–H and O–H groups in total. The molecule has 1 aromatic carbocycles. The molecule has 2 unspecified atom stereocenters. The molecule has 2 atom stereocenters. The van der Waals surface area contributed by atoms with E-state index in [-0.39, 0.29) is 12.2 Å². The maximum absolute atomic E-state index is 13.1. The second kappa shape index (κ2) is 7.57. The van der Waals surface area contributed by atoms with Gasteiger partial charge < -0.3 is 9.22 Å². The van der Waals surface area contributed by atoms with Gasteiger partial charge in [0.25, 0.3) is 0 Å². The summed E-state index contributed by atoms with van der Waals surface area (Å²) in [7, 11) is 4.65. The van der Waals surface area contributed by atoms with Crippen molar-refractivity contribution in [3.05, 3.63) is 51.1 Å². The van der Waals surface area contributed by atoms with E-state index in [1.165, 1.54) is 12.8 Å². The fraction of sp³-hybridized carbons (Fsp3) is 0.476. The number of fused-ring (bicyclic) bond motifs is 2. The number of halogens is 1. The number of nitrogens with zero attached hydrogens (tertiary/aromatic N) is 2. The summed E-state index contributed by atoms with van der Waals surface area (Å²) in [6, 6.07) is 11.3. The Morgan fingerprint density at radius 2 is 1.85 bits per heavy atom. The highest BCUT2D eigenvalue weighted by Gasteiger charge is 2.50. The minimum Gasteiger partial charge on any atom is -0.445 e. The van der Waals surface area contributed by atoms with Crippen LogP contribution in [0.15, 0.2) is 45.6 Å². The van der Waals surface area contributed by atoms with E-state index in [0.29, 0.717) is 18.6 Å². The van der Waals surface area contributed by atoms with Gasteiger partial charge in [-0.05, 0) is 29.1 Å². The molecule has 4 nitrogen and oxygen atoms in total. The molecule has 2 saturated heterocycles. The van der Waals surface area contributed by atoms with Crippen molar-refractivity contribution in [2.24, 2.45) is 0 Å². The van der Waals surface area contributed by atoms with Crippen molar-refractivity contribution in [2.45, 2.75) is 50.4 Å². The molecule has 0 aliphatic carbocycles. The Labute approximate surface area is 173 Å². The van der Waals surface area contributed by atoms with Crippen LogP contribution < -0.4 is 4.90 Å². The Bertz CT molecular complexity index is 775. The number of piperidine rings is 1. The predicted molar refractivity (Wildman–Crippen MR) is 113 cm³/mol. The number of quaternary nitrogens is 1. The molecule has 2 aliphatic heterocycles. The average molecular weight is 450 g/mol. The lowest BCUT2D eigenvalue weighted by molar-refractivity contribution is -0.931. The first-order chi connectivity index (χ1) is 12.9. The maximum Gasteiger partial charge on any atom is 0.414 e. The third kappa shape index (κ3) is 3.93. The molecule has 2 bridgehead atoms. The van der Waals surface area contributed by atoms with Crippen molar-refractivity contribution in [1.82, 2.24) is 0 Å². The SMILES string of the molecule is C[N+]1(C)C2CCC1CC(OC(=O)N(Cc1ccc(Br)cc1)c1ccsc1)C2. The lowest BCUT2D eigenvalue weighted by Gasteiger charge is -2.44. The highest BCUT2D eigenvalue weighted by molar-refractivity contribution is 9.10. The Hall–Kier alpha value is -1.37. The molecule has 0 radical (unpaired) electrons. The number of hydrogen-bond donors (Lipinski definition) is 0. The van der Waals surface area contributed by atoms with E-state index in [0.717, 1.165) is 33.0 Å². The van der Waals surface area contributed by atoms with E-state index in [9.17, 15) is 4.79 Å². The lowest BCUT2D eigenvalue weighted by Crippen LogP contribution is -2.56. The van der Waals surface area contributed by atoms with Crippen LogP contribution in [0.1, 0.15) is 31.2 Å². The third-order valence-corrected chi connectivity index (χ3v) is 7.54. The van der Waals surface area contributed by atoms with Crippen LogP contribution in [0.5, 0.6) is 0 Å². The summed E-state index contributed by atoms with van der Waals surface area (Å²) in [5.74, 6) is 0. The van der Waals surface area contributed by atoms with Gasteiger partial charge in [0, 0.05) is 35.5 Å². The van der Waals surface area contributed by atoms with Gasteiger partial charge in [0.05, 0.1) is 38.4 Å². The summed E-state index contributed by atoms with van der Waals surface area (Å²) in [4.78, 5) is 14.8. The van der Waals surface area contributed by atoms with E-state index < -0.39 is 0 Å². The summed E-state index contributed by atoms with van der Waals surface area (Å²) >= 11 is 5.06. The van der Waals surface area contributed by atoms with Crippen LogP contribution in [0.2, 0.25) is 0 Å². The molecule has 1 aromatic heterocycles. The van der Waals surface area contributed by atoms with Gasteiger partial charge in [0.15, 0.2) is 0 Å². The molecule has 27 heavy (non-hydrogen) atoms. The zero-order valence-corrected chi connectivity index (χ0v) is 18.2. The Kier molecular flexibility index (Phi) is 5.32. The standard InChI is InChI=1S/C21H26BrN2O2S/c1-24(2)18-7-8-19(24)12-20(11-18)26-21(25)23(17-9-10-27-14-17)13-15-3-5-16(22)6-4-15/h3-6,9-10,14,18-20H,7-8,11-13H2,1-2H3/q+1. The summed E-state index contributed by atoms with van der Waals surface area (Å²) in [5, 5.41) is 4.00. The van der Waals surface area contributed by atoms with Crippen LogP contribution in [0.4, 0.5) is 10.5 Å². The minimum absolute atomic E-state index is 0.0344. The number of carbonyl (C=O) groups is 1. The highest BCUT2D eigenvalue weighted by Crippen LogP contribution is 2.40. The van der Waals surface area contributed by atoms with Crippen LogP contribution in [-0.4, -0.2) is 42.9 Å². The summed E-state index contributed by atoms with van der Waals surface area (Å²) < 4.78 is 8.14. The molecule has 2 aliphatic rings. The zero-order chi connectivity index (χ0) is 19.0. The van der Waals surface area contributed by atoms with E-state index in [4.69, 9.17) is 4.74 Å². The van der Waals surface area contributed by atoms with Gasteiger partial charge in [-0.2, -0.15) is 11.3 Å². The van der Waals surface area contributed by atoms with Crippen molar-refractivity contribution in [3.63, 3.8) is 0 Å². The third-order valence-electron chi connectivity index (χ3n) is 6.34. The molecular weight excluding hydrogens is 424 g/mol. The van der Waals surface area contributed by atoms with E-state index >= 15 is 0 Å². The summed E-state index contributed by atoms with van der Waals surface area (Å²) in [6.07, 6.45) is 4.26. The molecule has 144 valence electrons. The monoisotopic (exact) mass is 449 g/mol. The minimum atomic E-state index is -0.229. The second-order valence-electron chi connectivity index (χ2n) is 8.19. The van der Waals surface area contributed by atoms with Crippen LogP contribution in [-0.2, 0) is 11.3 Å². The van der Waals surface area contributed by atoms with Gasteiger partial charge in [-0.15, -0.1) is 0 Å². The first kappa shape index (κ1) is 19.0. The normalized spacial score (nSPS) is 26.0. The van der Waals surface area contributed by atoms with Gasteiger partial charge in [-0.25, -0.2) is 4.79 Å². The molecular formula is C21H26BrN2O2S+. The maximum atomic E-state index is 13.1. The first-order valence-corrected chi connectivity index (χ1v) is 11.2. The molecule has 2 aromatic rings. The first-order valence-electron chi connectivity index (χ1n) is 9.51. The Balaban J connectivity index is 1.47. The molecule has 4 rings (SSSR count). The van der Waals surface area contributed by atoms with Crippen molar-refractivity contribution in [1.29, 1.82) is 0 Å². The fourth-order valence-electron chi connectivity index (χ4n) is 4.58. The number of thiophene rings is 1. The number of rotatable bonds is 4. The quantitative estimate of drug-likeness (QED) is 0.582. The fourth-order valence-corrected chi connectivity index (χ4v) is 5.48. The summed E-state index contributed by atoms with van der Waals surface area (Å²) in [5.41, 5.74) is 1.99. The van der Waals surface area contributed by atoms with Gasteiger partial charge in [-0.1, -0.05) is 28.1 Å². The topological polar surface area (TPSA) is 29.5 Å². The zero-order valence-electron chi connectivity index (χ0n) is 15.8. The van der Waals surface area contributed by atoms with Crippen molar-refractivity contribution in [3.8, 4) is 0 Å². The van der Waals surface area contributed by atoms with Crippen LogP contribution >= 0.6 is 27.3 Å². The average Bonchev–Trinajstić information content (AvgIpc) is 3.17. The van der Waals surface area contributed by atoms with E-state index in [1.54, 1.807) is 16.2 Å². The molecule has 3 heterocycles. The van der Waals surface area contributed by atoms with Crippen molar-refractivity contribution >= 4 is 39.0 Å². The van der Waals surface area contributed by atoms with E-state index in [1.807, 2.05) is 41.1 Å². The number of hydrogen-bond acceptors (Lipinski definition) is 3. The number of ether oxygens (including phenoxy) is 1. The van der Waals surface area contributed by atoms with Gasteiger partial charge in [0.2, 0.25) is 0 Å². The number of carbonyl (C=O) groups excluding carboxylic acids is 1. The Morgan fingerprint density at radius 3 is 2.44 bits per heavy atom. The van der Waals surface area contributed by atoms with E-state index in [2.05, 4.69) is 30.0 Å². The van der Waals surface area contributed by atoms with Crippen molar-refractivity contribution < 1.29 is 14.0 Å². The second-order valence-corrected chi connectivity index (χ2v) is 9.88. The highest BCUT2D eigenvalue weighted by atomic mass is 79.9. The Morgan fingerprint density at radius 1 is 1.19 bits per heavy atom. The smallest absolute Gasteiger partial charge is 0.414 e. The van der Waals surface area contributed by atoms with Gasteiger partial charge in [0.1, 0.15) is 6.10 Å². The number of amides is 1. The van der Waals surface area contributed by atoms with Crippen LogP contribution in [0.3, 0.4) is 0 Å². The molecule has 1 amide bonds. The number of anilines is 1. The number of benzene rings is 1. The van der Waals surface area contributed by atoms with Crippen molar-refractivity contribution in [2.75, 3.05) is 19.0 Å². The largest absolute Gasteiger partial charge is 0.445 e. The lowest BCUT2D eigenvalue weighted by atomic mass is 9.98. The molecule has 0 saturated carbocycles. The summed E-state index contributed by atoms with van der Waals surface area (Å²) in [6.45, 7) is 0.518. The predicted octanol–water partition coefficient (Wildman–Crippen LogP) is 5.42.